The molecule has 4 fully saturated rings. The van der Waals surface area contributed by atoms with Crippen LogP contribution in [0.15, 0.2) is 87.4 Å². The Hall–Kier alpha value is -8.07. The second-order valence-electron chi connectivity index (χ2n) is 28.3. The first-order chi connectivity index (χ1) is 58.7. The number of nitro groups is 1. The predicted octanol–water partition coefficient (Wildman–Crippen LogP) is 3.23. The van der Waals surface area contributed by atoms with E-state index in [1.54, 1.807) is 62.5 Å². The normalized spacial score (nSPS) is 25.4. The molecule has 5 aromatic rings. The van der Waals surface area contributed by atoms with E-state index in [4.69, 9.17) is 92.6 Å². The minimum absolute atomic E-state index is 0. The molecule has 4 aliphatic rings. The Kier molecular flexibility index (Phi) is 44.0. The van der Waals surface area contributed by atoms with Gasteiger partial charge < -0.3 is 101 Å². The summed E-state index contributed by atoms with van der Waals surface area (Å²) in [7, 11) is 5.12. The third-order valence-electron chi connectivity index (χ3n) is 19.2. The number of hydrogen-bond acceptors (Lipinski definition) is 32. The van der Waals surface area contributed by atoms with Crippen LogP contribution in [0.4, 0.5) is 5.69 Å². The molecule has 43 heteroatoms. The molecular weight excluding hydrogens is 1620 g/mol. The zero-order chi connectivity index (χ0) is 93.3. The maximum Gasteiger partial charge on any atom is 0.338 e. The van der Waals surface area contributed by atoms with E-state index in [1.807, 2.05) is 41.5 Å². The number of aliphatic hydroxyl groups is 4. The van der Waals surface area contributed by atoms with Crippen molar-refractivity contribution in [1.82, 2.24) is 42.9 Å². The van der Waals surface area contributed by atoms with Gasteiger partial charge in [0.05, 0.1) is 90.5 Å². The van der Waals surface area contributed by atoms with Gasteiger partial charge in [-0.1, -0.05) is 28.2 Å². The number of carbonyl (C=O) groups is 1. The number of rotatable bonds is 36. The van der Waals surface area contributed by atoms with E-state index < -0.39 is 182 Å². The second kappa shape index (κ2) is 53.2. The quantitative estimate of drug-likeness (QED) is 0.00712. The maximum atomic E-state index is 12.9. The molecule has 8 heterocycles. The fourth-order valence-corrected chi connectivity index (χ4v) is 15.0. The van der Waals surface area contributed by atoms with E-state index in [-0.39, 0.29) is 82.2 Å². The van der Waals surface area contributed by atoms with Crippen molar-refractivity contribution >= 4 is 20.2 Å². The summed E-state index contributed by atoms with van der Waals surface area (Å²) in [6.07, 6.45) is -8.38. The Balaban J connectivity index is 0.000000430. The molecule has 4 aliphatic heterocycles. The molecule has 0 spiro atoms. The number of ether oxygens (including phenoxy) is 14. The highest BCUT2D eigenvalue weighted by Gasteiger charge is 2.53. The number of methoxy groups -OCH3 is 5. The molecular formula is C78H126N11O31P. The van der Waals surface area contributed by atoms with Crippen LogP contribution in [0.2, 0.25) is 0 Å². The Labute approximate surface area is 708 Å². The Morgan fingerprint density at radius 1 is 0.620 bits per heavy atom. The molecule has 2 unspecified atom stereocenters. The van der Waals surface area contributed by atoms with Crippen molar-refractivity contribution in [2.45, 2.75) is 227 Å². The van der Waals surface area contributed by atoms with Crippen molar-refractivity contribution in [2.24, 2.45) is 11.8 Å². The van der Waals surface area contributed by atoms with E-state index in [1.165, 1.54) is 95.8 Å². The Bertz CT molecular complexity index is 4500. The summed E-state index contributed by atoms with van der Waals surface area (Å²) >= 11 is 0. The number of non-ortho nitro benzene ring substituents is 1. The lowest BCUT2D eigenvalue weighted by Gasteiger charge is -2.38. The molecule has 4 saturated heterocycles. The summed E-state index contributed by atoms with van der Waals surface area (Å²) in [6.45, 7) is 34.3. The molecule has 4 aromatic heterocycles. The van der Waals surface area contributed by atoms with Gasteiger partial charge in [0.15, 0.2) is 24.9 Å². The van der Waals surface area contributed by atoms with Gasteiger partial charge in [-0.05, 0) is 94.7 Å². The topological polar surface area (TPSA) is 516 Å². The molecule has 9 rings (SSSR count). The van der Waals surface area contributed by atoms with Crippen molar-refractivity contribution in [2.75, 3.05) is 116 Å². The molecule has 0 saturated carbocycles. The lowest BCUT2D eigenvalue weighted by molar-refractivity contribution is -0.384. The molecule has 0 aliphatic carbocycles. The molecule has 42 nitrogen and oxygen atoms in total. The zero-order valence-electron chi connectivity index (χ0n) is 75.3. The van der Waals surface area contributed by atoms with E-state index in [2.05, 4.69) is 34.6 Å². The van der Waals surface area contributed by atoms with Gasteiger partial charge in [0, 0.05) is 134 Å². The summed E-state index contributed by atoms with van der Waals surface area (Å²) in [5, 5.41) is 41.6. The van der Waals surface area contributed by atoms with Crippen molar-refractivity contribution in [3.63, 3.8) is 0 Å². The number of nitro benzene ring substituents is 1. The number of hydrogen-bond donors (Lipinski definition) is 8. The molecule has 0 radical (unpaired) electrons. The van der Waals surface area contributed by atoms with Crippen molar-refractivity contribution in [3.8, 4) is 0 Å². The predicted molar refractivity (Wildman–Crippen MR) is 441 cm³/mol. The number of nitrogens with zero attached hydrogens (tertiary/aromatic N) is 7. The number of nitrogens with one attached hydrogen (secondary N) is 4. The number of esters is 1. The molecule has 8 N–H and O–H groups in total. The smallest absolute Gasteiger partial charge is 0.338 e. The summed E-state index contributed by atoms with van der Waals surface area (Å²) in [5.41, 5.74) is -3.11. The molecule has 22 atom stereocenters. The number of aromatic nitrogens is 8. The molecule has 0 amide bonds. The van der Waals surface area contributed by atoms with Crippen molar-refractivity contribution in [1.29, 1.82) is 1.43 Å². The number of aliphatic hydroxyl groups excluding tert-OH is 4. The van der Waals surface area contributed by atoms with Gasteiger partial charge in [-0.2, -0.15) is 0 Å². The van der Waals surface area contributed by atoms with Gasteiger partial charge in [0.1, 0.15) is 61.5 Å². The number of carbonyl (C=O) groups excluding carboxylic acids is 1. The van der Waals surface area contributed by atoms with Crippen LogP contribution in [0, 0.1) is 56.2 Å². The van der Waals surface area contributed by atoms with Crippen LogP contribution in [-0.2, 0) is 75.4 Å². The third-order valence-corrected chi connectivity index (χ3v) is 21.3. The Morgan fingerprint density at radius 3 is 1.35 bits per heavy atom. The van der Waals surface area contributed by atoms with Gasteiger partial charge in [0.2, 0.25) is 7.98 Å². The summed E-state index contributed by atoms with van der Waals surface area (Å²) in [4.78, 5) is 132. The number of H-pyrrole nitrogens is 4. The minimum atomic E-state index is -1.75. The lowest BCUT2D eigenvalue weighted by atomic mass is 9.96. The average molecular weight is 1750 g/mol. The van der Waals surface area contributed by atoms with E-state index in [0.717, 1.165) is 7.11 Å². The average Bonchev–Trinajstić information content (AvgIpc) is 1.50. The van der Waals surface area contributed by atoms with Crippen LogP contribution >= 0.6 is 8.53 Å². The van der Waals surface area contributed by atoms with Gasteiger partial charge in [-0.3, -0.25) is 67.5 Å². The largest absolute Gasteiger partial charge is 0.456 e. The summed E-state index contributed by atoms with van der Waals surface area (Å²) < 4.78 is 127. The van der Waals surface area contributed by atoms with Gasteiger partial charge in [-0.25, -0.2) is 35.2 Å². The standard InChI is InChI=1S/C24H41N4O8P.C22H27N3O9.C15H24N2O6.C14H22N2O6.2CH4O.CH4/c1-15(2)28(16(3)4)37(34-11-10-25-7)36-20-19(18(6)32-9)35-23(21(20)33-13-12-31-8)27-14-17(5)22(29)26-24(27)30;1-12-11-24(22(28)23-19(12)26)20-18(32-10-9-31-4)13(2)17(34-20)14(3)33-21(27)15-5-7-16(8-6-15)25(29)30;1-8-7-17(15(20)16-13(8)19)14-12(22-6-5-21-4)9(2)11(23-14)10(3)18;1-4-9-10(17)11(21-6-5-20-3)13(22-9)16-7-8(2)12(18)15-14(16)19;2*1-2;/h14-16,18-21,23H,10-13H2,1-6,8-9H3,(H,26,29,30);5-8,11,13-14,17-18,20H,9-10H2,1-4H3,(H,23,26,28);7,9-12,14,18H,5-6H2,1-4H3,(H,16,19,20);7,9-11,13,17H,4-6H2,1-3H3,(H,15,18,19);2*2H,1H3;1H4/t18-,19+,20+,21+,23+,37?;13-,14+,17+,18-,20-;9-,10+,11+,12-,14-;9-,10-,11-,13-;;;/m0111.../s1/i9TD;;;4D;2T;;/t9?,18-,19+,20+,21+,23+,37?;;;4-,9-,10-,11-,13-;;;. The first-order valence-corrected chi connectivity index (χ1v) is 39.5. The molecule has 0 bridgehead atoms. The van der Waals surface area contributed by atoms with Crippen LogP contribution in [0.5, 0.6) is 0 Å². The third kappa shape index (κ3) is 29.3. The Morgan fingerprint density at radius 2 is 0.983 bits per heavy atom. The monoisotopic (exact) mass is 1750 g/mol. The van der Waals surface area contributed by atoms with E-state index in [9.17, 15) is 63.5 Å². The second-order valence-corrected chi connectivity index (χ2v) is 29.7. The lowest BCUT2D eigenvalue weighted by Crippen LogP contribution is -2.44. The van der Waals surface area contributed by atoms with Gasteiger partial charge in [-0.15, -0.1) is 0 Å². The molecule has 684 valence electrons. The summed E-state index contributed by atoms with van der Waals surface area (Å²) in [6, 6.07) is 5.12. The van der Waals surface area contributed by atoms with Crippen molar-refractivity contribution < 1.29 is 110 Å². The van der Waals surface area contributed by atoms with Crippen LogP contribution in [-0.4, -0.2) is 283 Å². The van der Waals surface area contributed by atoms with Crippen LogP contribution in [0.25, 0.3) is 4.85 Å². The van der Waals surface area contributed by atoms with Crippen molar-refractivity contribution in [3.05, 3.63) is 182 Å². The molecule has 1 aromatic carbocycles. The number of aromatic amines is 4. The number of benzene rings is 1. The van der Waals surface area contributed by atoms with Gasteiger partial charge >= 0.3 is 28.7 Å². The highest BCUT2D eigenvalue weighted by Crippen LogP contribution is 2.51. The maximum absolute atomic E-state index is 12.9. The highest BCUT2D eigenvalue weighted by molar-refractivity contribution is 7.44. The van der Waals surface area contributed by atoms with E-state index >= 15 is 0 Å². The fourth-order valence-electron chi connectivity index (χ4n) is 13.2. The first kappa shape index (κ1) is 100. The summed E-state index contributed by atoms with van der Waals surface area (Å²) in [5.74, 6) is -1.10. The van der Waals surface area contributed by atoms with Crippen LogP contribution in [0.3, 0.4) is 0 Å². The van der Waals surface area contributed by atoms with Crippen LogP contribution < -0.4 is 45.0 Å². The number of aryl methyl sites for hydroxylation is 4. The van der Waals surface area contributed by atoms with Gasteiger partial charge in [0.25, 0.3) is 36.5 Å². The first-order valence-electron chi connectivity index (χ1n) is 40.6. The minimum Gasteiger partial charge on any atom is -0.456 e. The molecule has 121 heavy (non-hydrogen) atoms. The zero-order valence-corrected chi connectivity index (χ0v) is 72.2. The fraction of sp³-hybridized carbons (Fsp3) is 0.692. The van der Waals surface area contributed by atoms with E-state index in [0.29, 0.717) is 48.7 Å². The SMILES string of the molecule is C.CO.COCCO[C@@H]1[C@H](C)[C@@H]([C@H](C)O)O[C@H]1n1cc(C)c(=O)[nH]c1=O.COCCO[C@@H]1[C@H](C)[C@@H]([C@H](C)OC(=O)c2ccc([N+](=O)[O-])cc2)O[C@H]1n1cc(C)c(=O)[nH]c1=O.[2H]C([3H])O[C@@H](C)[C@H]1O[C@@H](n2cc(C)c(=O)[nH]c2=O)[C@H](OCCOC)[C@@H]1OP(OCC[N+]#[C-])N(C(C)C)C(C)C.[2H][C@H](C)[C@H]1O[C@@H](n2cc(C)c(=O)[nH]c2=O)[C@H](OCCOC)[C@@H]1O.[3H]OC. The van der Waals surface area contributed by atoms with Crippen LogP contribution in [0.1, 0.15) is 145 Å². The highest BCUT2D eigenvalue weighted by atomic mass is 31.2.